The molecular weight excluding hydrogens is 310 g/mol. The summed E-state index contributed by atoms with van der Waals surface area (Å²) in [5, 5.41) is 3.25. The van der Waals surface area contributed by atoms with E-state index in [9.17, 15) is 13.6 Å². The molecule has 22 heavy (non-hydrogen) atoms. The Morgan fingerprint density at radius 3 is 2.64 bits per heavy atom. The SMILES string of the molecule is Cl.O=C(CCC1CCNC1)N(Cc1ccccc1)CC(F)F. The second-order valence-corrected chi connectivity index (χ2v) is 5.55. The highest BCUT2D eigenvalue weighted by atomic mass is 35.5. The van der Waals surface area contributed by atoms with E-state index in [0.717, 1.165) is 31.5 Å². The highest BCUT2D eigenvalue weighted by molar-refractivity contribution is 5.85. The molecule has 0 aliphatic carbocycles. The number of benzene rings is 1. The van der Waals surface area contributed by atoms with E-state index in [1.165, 1.54) is 4.90 Å². The maximum atomic E-state index is 12.7. The van der Waals surface area contributed by atoms with Gasteiger partial charge in [0.15, 0.2) is 0 Å². The minimum atomic E-state index is -2.49. The zero-order valence-corrected chi connectivity index (χ0v) is 13.3. The van der Waals surface area contributed by atoms with Crippen LogP contribution in [-0.2, 0) is 11.3 Å². The van der Waals surface area contributed by atoms with Crippen LogP contribution in [0, 0.1) is 5.92 Å². The first-order chi connectivity index (χ1) is 10.1. The van der Waals surface area contributed by atoms with Gasteiger partial charge in [-0.3, -0.25) is 4.79 Å². The molecule has 1 unspecified atom stereocenters. The van der Waals surface area contributed by atoms with Crippen LogP contribution in [0.25, 0.3) is 0 Å². The van der Waals surface area contributed by atoms with E-state index < -0.39 is 13.0 Å². The predicted molar refractivity (Wildman–Crippen MR) is 85.3 cm³/mol. The summed E-state index contributed by atoms with van der Waals surface area (Å²) in [6, 6.07) is 9.28. The van der Waals surface area contributed by atoms with E-state index in [0.29, 0.717) is 12.3 Å². The van der Waals surface area contributed by atoms with Crippen LogP contribution < -0.4 is 5.32 Å². The van der Waals surface area contributed by atoms with Crippen LogP contribution in [0.2, 0.25) is 0 Å². The number of halogens is 3. The fourth-order valence-electron chi connectivity index (χ4n) is 2.67. The average molecular weight is 333 g/mol. The third-order valence-electron chi connectivity index (χ3n) is 3.86. The molecule has 1 aromatic rings. The van der Waals surface area contributed by atoms with Gasteiger partial charge in [0.25, 0.3) is 6.43 Å². The van der Waals surface area contributed by atoms with Crippen molar-refractivity contribution >= 4 is 18.3 Å². The number of rotatable bonds is 7. The summed E-state index contributed by atoms with van der Waals surface area (Å²) >= 11 is 0. The topological polar surface area (TPSA) is 32.3 Å². The van der Waals surface area contributed by atoms with Crippen molar-refractivity contribution < 1.29 is 13.6 Å². The molecular formula is C16H23ClF2N2O. The van der Waals surface area contributed by atoms with Crippen LogP contribution in [0.1, 0.15) is 24.8 Å². The lowest BCUT2D eigenvalue weighted by Gasteiger charge is -2.23. The molecule has 1 aliphatic heterocycles. The third kappa shape index (κ3) is 6.28. The van der Waals surface area contributed by atoms with Crippen molar-refractivity contribution in [3.05, 3.63) is 35.9 Å². The van der Waals surface area contributed by atoms with Crippen molar-refractivity contribution in [2.45, 2.75) is 32.2 Å². The van der Waals surface area contributed by atoms with E-state index in [2.05, 4.69) is 5.32 Å². The molecule has 1 fully saturated rings. The Balaban J connectivity index is 0.00000242. The predicted octanol–water partition coefficient (Wildman–Crippen LogP) is 3.09. The third-order valence-corrected chi connectivity index (χ3v) is 3.86. The van der Waals surface area contributed by atoms with Gasteiger partial charge in [0.05, 0.1) is 6.54 Å². The maximum Gasteiger partial charge on any atom is 0.255 e. The Labute approximate surface area is 136 Å². The minimum Gasteiger partial charge on any atom is -0.333 e. The van der Waals surface area contributed by atoms with Gasteiger partial charge < -0.3 is 10.2 Å². The van der Waals surface area contributed by atoms with Gasteiger partial charge in [-0.15, -0.1) is 12.4 Å². The van der Waals surface area contributed by atoms with Crippen LogP contribution in [-0.4, -0.2) is 36.9 Å². The quantitative estimate of drug-likeness (QED) is 0.832. The Morgan fingerprint density at radius 1 is 1.32 bits per heavy atom. The van der Waals surface area contributed by atoms with Gasteiger partial charge in [0, 0.05) is 13.0 Å². The second kappa shape index (κ2) is 9.74. The Kier molecular flexibility index (Phi) is 8.35. The van der Waals surface area contributed by atoms with Gasteiger partial charge in [0.2, 0.25) is 5.91 Å². The molecule has 2 rings (SSSR count). The molecule has 6 heteroatoms. The lowest BCUT2D eigenvalue weighted by molar-refractivity contribution is -0.134. The van der Waals surface area contributed by atoms with E-state index in [1.807, 2.05) is 30.3 Å². The number of nitrogens with zero attached hydrogens (tertiary/aromatic N) is 1. The van der Waals surface area contributed by atoms with Gasteiger partial charge in [-0.2, -0.15) is 0 Å². The highest BCUT2D eigenvalue weighted by Gasteiger charge is 2.21. The van der Waals surface area contributed by atoms with Gasteiger partial charge in [-0.1, -0.05) is 30.3 Å². The van der Waals surface area contributed by atoms with E-state index in [-0.39, 0.29) is 24.9 Å². The fraction of sp³-hybridized carbons (Fsp3) is 0.562. The second-order valence-electron chi connectivity index (χ2n) is 5.55. The smallest absolute Gasteiger partial charge is 0.255 e. The minimum absolute atomic E-state index is 0. The summed E-state index contributed by atoms with van der Waals surface area (Å²) < 4.78 is 25.4. The Hall–Kier alpha value is -1.20. The number of nitrogens with one attached hydrogen (secondary N) is 1. The molecule has 0 radical (unpaired) electrons. The molecule has 124 valence electrons. The van der Waals surface area contributed by atoms with Gasteiger partial charge in [0.1, 0.15) is 0 Å². The highest BCUT2D eigenvalue weighted by Crippen LogP contribution is 2.16. The molecule has 0 bridgehead atoms. The summed E-state index contributed by atoms with van der Waals surface area (Å²) in [7, 11) is 0. The fourth-order valence-corrected chi connectivity index (χ4v) is 2.67. The van der Waals surface area contributed by atoms with Gasteiger partial charge in [-0.25, -0.2) is 8.78 Å². The van der Waals surface area contributed by atoms with Crippen LogP contribution in [0.4, 0.5) is 8.78 Å². The Bertz CT molecular complexity index is 439. The molecule has 3 nitrogen and oxygen atoms in total. The summed E-state index contributed by atoms with van der Waals surface area (Å²) in [4.78, 5) is 13.5. The molecule has 1 atom stereocenters. The summed E-state index contributed by atoms with van der Waals surface area (Å²) in [6.07, 6.45) is -0.293. The molecule has 0 saturated carbocycles. The van der Waals surface area contributed by atoms with Gasteiger partial charge >= 0.3 is 0 Å². The summed E-state index contributed by atoms with van der Waals surface area (Å²) in [6.45, 7) is 1.69. The van der Waals surface area contributed by atoms with Crippen molar-refractivity contribution in [3.8, 4) is 0 Å². The van der Waals surface area contributed by atoms with E-state index >= 15 is 0 Å². The summed E-state index contributed by atoms with van der Waals surface area (Å²) in [5.41, 5.74) is 0.883. The standard InChI is InChI=1S/C16H22F2N2O.ClH/c17-15(18)12-20(11-14-4-2-1-3-5-14)16(21)7-6-13-8-9-19-10-13;/h1-5,13,15,19H,6-12H2;1H. The average Bonchev–Trinajstić information content (AvgIpc) is 2.98. The number of amides is 1. The van der Waals surface area contributed by atoms with Crippen molar-refractivity contribution in [1.82, 2.24) is 10.2 Å². The molecule has 1 aromatic carbocycles. The van der Waals surface area contributed by atoms with Crippen LogP contribution in [0.5, 0.6) is 0 Å². The molecule has 1 N–H and O–H groups in total. The molecule has 0 aromatic heterocycles. The number of carbonyl (C=O) groups excluding carboxylic acids is 1. The molecule has 1 aliphatic rings. The van der Waals surface area contributed by atoms with Crippen molar-refractivity contribution in [2.75, 3.05) is 19.6 Å². The number of carbonyl (C=O) groups is 1. The van der Waals surface area contributed by atoms with Crippen molar-refractivity contribution in [1.29, 1.82) is 0 Å². The zero-order chi connectivity index (χ0) is 15.1. The first-order valence-corrected chi connectivity index (χ1v) is 7.45. The van der Waals surface area contributed by atoms with E-state index in [4.69, 9.17) is 0 Å². The lowest BCUT2D eigenvalue weighted by Crippen LogP contribution is -2.34. The zero-order valence-electron chi connectivity index (χ0n) is 12.5. The van der Waals surface area contributed by atoms with Crippen molar-refractivity contribution in [2.24, 2.45) is 5.92 Å². The first-order valence-electron chi connectivity index (χ1n) is 7.45. The normalized spacial score (nSPS) is 17.3. The van der Waals surface area contributed by atoms with Crippen LogP contribution in [0.15, 0.2) is 30.3 Å². The molecule has 0 spiro atoms. The van der Waals surface area contributed by atoms with Crippen molar-refractivity contribution in [3.63, 3.8) is 0 Å². The molecule has 1 saturated heterocycles. The first kappa shape index (κ1) is 18.8. The molecule has 1 amide bonds. The Morgan fingerprint density at radius 2 is 2.05 bits per heavy atom. The number of hydrogen-bond acceptors (Lipinski definition) is 2. The number of alkyl halides is 2. The van der Waals surface area contributed by atoms with Crippen LogP contribution in [0.3, 0.4) is 0 Å². The molecule has 1 heterocycles. The maximum absolute atomic E-state index is 12.7. The van der Waals surface area contributed by atoms with Gasteiger partial charge in [-0.05, 0) is 37.4 Å². The summed E-state index contributed by atoms with van der Waals surface area (Å²) in [5.74, 6) is 0.324. The number of hydrogen-bond donors (Lipinski definition) is 1. The van der Waals surface area contributed by atoms with Crippen LogP contribution >= 0.6 is 12.4 Å². The monoisotopic (exact) mass is 332 g/mol. The lowest BCUT2D eigenvalue weighted by atomic mass is 10.0. The largest absolute Gasteiger partial charge is 0.333 e. The van der Waals surface area contributed by atoms with E-state index in [1.54, 1.807) is 0 Å².